The second kappa shape index (κ2) is 7.82. The molecule has 2 aromatic carbocycles. The number of quaternary nitrogens is 1. The van der Waals surface area contributed by atoms with Crippen molar-refractivity contribution in [3.05, 3.63) is 64.4 Å². The van der Waals surface area contributed by atoms with E-state index in [9.17, 15) is 0 Å². The normalized spacial score (nSPS) is 19.6. The van der Waals surface area contributed by atoms with Gasteiger partial charge in [0.25, 0.3) is 0 Å². The topological polar surface area (TPSA) is 40.1 Å². The number of benzene rings is 2. The van der Waals surface area contributed by atoms with Gasteiger partial charge < -0.3 is 9.47 Å². The first-order chi connectivity index (χ1) is 14.2. The van der Waals surface area contributed by atoms with E-state index < -0.39 is 0 Å². The molecule has 148 valence electrons. The monoisotopic (exact) mass is 422 g/mol. The fourth-order valence-electron chi connectivity index (χ4n) is 4.23. The van der Waals surface area contributed by atoms with Gasteiger partial charge in [-0.2, -0.15) is 4.68 Å². The largest absolute Gasteiger partial charge is 0.308 e. The first-order valence-corrected chi connectivity index (χ1v) is 11.3. The fourth-order valence-corrected chi connectivity index (χ4v) is 5.58. The van der Waals surface area contributed by atoms with Crippen molar-refractivity contribution in [1.29, 1.82) is 0 Å². The Morgan fingerprint density at radius 1 is 1.10 bits per heavy atom. The molecule has 0 spiro atoms. The molecule has 2 atom stereocenters. The van der Waals surface area contributed by atoms with Gasteiger partial charge in [0, 0.05) is 19.0 Å². The number of fused-ring (bicyclic) bond motifs is 1. The van der Waals surface area contributed by atoms with E-state index in [4.69, 9.17) is 22.3 Å². The Bertz CT molecular complexity index is 1160. The zero-order valence-electron chi connectivity index (χ0n) is 16.4. The molecule has 1 fully saturated rings. The standard InChI is InChI=1S/C22H23N5S2/c1-25-20(16-9-3-2-4-10-16)24-27(22(25)28)15-26-14-8-7-12-18(26)21-23-17-11-5-6-13-19(17)29-21/h2-6,9-11,13,18H,7-8,12,14-15H2,1H3/p+1/t18-/m0/s1. The Morgan fingerprint density at radius 2 is 1.90 bits per heavy atom. The molecule has 0 amide bonds. The number of thiazole rings is 1. The van der Waals surface area contributed by atoms with Gasteiger partial charge in [-0.25, -0.2) is 4.98 Å². The van der Waals surface area contributed by atoms with Crippen LogP contribution in [0.25, 0.3) is 21.6 Å². The molecular weight excluding hydrogens is 398 g/mol. The van der Waals surface area contributed by atoms with Crippen LogP contribution in [-0.2, 0) is 13.7 Å². The van der Waals surface area contributed by atoms with Crippen molar-refractivity contribution < 1.29 is 4.90 Å². The molecule has 1 N–H and O–H groups in total. The van der Waals surface area contributed by atoms with Crippen LogP contribution in [0.5, 0.6) is 0 Å². The summed E-state index contributed by atoms with van der Waals surface area (Å²) in [6, 6.07) is 19.1. The zero-order valence-corrected chi connectivity index (χ0v) is 18.0. The summed E-state index contributed by atoms with van der Waals surface area (Å²) in [5.41, 5.74) is 2.20. The third kappa shape index (κ3) is 3.54. The van der Waals surface area contributed by atoms with E-state index in [1.807, 2.05) is 45.8 Å². The van der Waals surface area contributed by atoms with Gasteiger partial charge in [-0.15, -0.1) is 16.4 Å². The van der Waals surface area contributed by atoms with Crippen LogP contribution >= 0.6 is 23.6 Å². The third-order valence-electron chi connectivity index (χ3n) is 5.77. The molecule has 1 saturated heterocycles. The maximum absolute atomic E-state index is 5.73. The van der Waals surface area contributed by atoms with E-state index in [1.165, 1.54) is 33.9 Å². The number of aromatic nitrogens is 4. The molecule has 7 heteroatoms. The van der Waals surface area contributed by atoms with Crippen LogP contribution in [0.15, 0.2) is 54.6 Å². The summed E-state index contributed by atoms with van der Waals surface area (Å²) < 4.78 is 6.05. The molecule has 5 rings (SSSR count). The van der Waals surface area contributed by atoms with Crippen molar-refractivity contribution >= 4 is 33.8 Å². The molecule has 0 aliphatic carbocycles. The minimum Gasteiger partial charge on any atom is -0.308 e. The third-order valence-corrected chi connectivity index (χ3v) is 7.40. The number of nitrogens with zero attached hydrogens (tertiary/aromatic N) is 4. The quantitative estimate of drug-likeness (QED) is 0.506. The summed E-state index contributed by atoms with van der Waals surface area (Å²) >= 11 is 7.56. The van der Waals surface area contributed by atoms with Crippen LogP contribution in [0.4, 0.5) is 0 Å². The van der Waals surface area contributed by atoms with Crippen LogP contribution in [0.3, 0.4) is 0 Å². The van der Waals surface area contributed by atoms with Crippen LogP contribution in [-0.4, -0.2) is 25.9 Å². The van der Waals surface area contributed by atoms with E-state index in [-0.39, 0.29) is 0 Å². The Hall–Kier alpha value is -2.35. The highest BCUT2D eigenvalue weighted by Gasteiger charge is 2.31. The Morgan fingerprint density at radius 3 is 2.72 bits per heavy atom. The Kier molecular flexibility index (Phi) is 5.03. The van der Waals surface area contributed by atoms with Crippen molar-refractivity contribution in [2.75, 3.05) is 6.54 Å². The van der Waals surface area contributed by atoms with Gasteiger partial charge in [0.05, 0.1) is 16.8 Å². The number of hydrogen-bond acceptors (Lipinski definition) is 4. The molecule has 3 heterocycles. The van der Waals surface area contributed by atoms with E-state index in [0.29, 0.717) is 6.04 Å². The van der Waals surface area contributed by atoms with Gasteiger partial charge in [0.2, 0.25) is 4.77 Å². The predicted molar refractivity (Wildman–Crippen MR) is 120 cm³/mol. The Balaban J connectivity index is 1.46. The van der Waals surface area contributed by atoms with E-state index in [1.54, 1.807) is 0 Å². The second-order valence-corrected chi connectivity index (χ2v) is 9.09. The average molecular weight is 423 g/mol. The lowest BCUT2D eigenvalue weighted by Gasteiger charge is -2.30. The summed E-state index contributed by atoms with van der Waals surface area (Å²) in [6.07, 6.45) is 3.66. The summed E-state index contributed by atoms with van der Waals surface area (Å²) in [4.78, 5) is 6.46. The lowest BCUT2D eigenvalue weighted by molar-refractivity contribution is -0.959. The maximum atomic E-state index is 5.73. The van der Waals surface area contributed by atoms with Crippen molar-refractivity contribution in [2.24, 2.45) is 7.05 Å². The van der Waals surface area contributed by atoms with Gasteiger partial charge in [-0.05, 0) is 37.2 Å². The highest BCUT2D eigenvalue weighted by Crippen LogP contribution is 2.28. The van der Waals surface area contributed by atoms with Crippen molar-refractivity contribution in [2.45, 2.75) is 32.0 Å². The van der Waals surface area contributed by atoms with E-state index in [2.05, 4.69) is 36.4 Å². The van der Waals surface area contributed by atoms with Crippen LogP contribution < -0.4 is 4.90 Å². The second-order valence-electron chi connectivity index (χ2n) is 7.67. The lowest BCUT2D eigenvalue weighted by atomic mass is 10.0. The van der Waals surface area contributed by atoms with Gasteiger partial charge in [-0.1, -0.05) is 42.5 Å². The smallest absolute Gasteiger partial charge is 0.202 e. The predicted octanol–water partition coefficient (Wildman–Crippen LogP) is 4.00. The summed E-state index contributed by atoms with van der Waals surface area (Å²) in [6.45, 7) is 1.90. The molecule has 29 heavy (non-hydrogen) atoms. The van der Waals surface area contributed by atoms with Crippen molar-refractivity contribution in [3.63, 3.8) is 0 Å². The molecular formula is C22H24N5S2+. The Labute approximate surface area is 179 Å². The SMILES string of the molecule is Cn1c(-c2ccccc2)nn(C[NH+]2CCCC[C@H]2c2nc3ccccc3s2)c1=S. The maximum Gasteiger partial charge on any atom is 0.202 e. The van der Waals surface area contributed by atoms with Gasteiger partial charge in [0.15, 0.2) is 17.5 Å². The summed E-state index contributed by atoms with van der Waals surface area (Å²) in [7, 11) is 2.00. The molecule has 1 aliphatic rings. The van der Waals surface area contributed by atoms with Gasteiger partial charge >= 0.3 is 0 Å². The molecule has 1 aliphatic heterocycles. The fraction of sp³-hybridized carbons (Fsp3) is 0.318. The minimum atomic E-state index is 0.408. The molecule has 2 aromatic heterocycles. The number of rotatable bonds is 4. The molecule has 0 saturated carbocycles. The molecule has 0 bridgehead atoms. The van der Waals surface area contributed by atoms with Crippen LogP contribution in [0, 0.1) is 4.77 Å². The molecule has 4 aromatic rings. The van der Waals surface area contributed by atoms with Crippen LogP contribution in [0.2, 0.25) is 0 Å². The average Bonchev–Trinajstić information content (AvgIpc) is 3.31. The first-order valence-electron chi connectivity index (χ1n) is 10.1. The van der Waals surface area contributed by atoms with Crippen molar-refractivity contribution in [3.8, 4) is 11.4 Å². The number of para-hydroxylation sites is 1. The highest BCUT2D eigenvalue weighted by molar-refractivity contribution is 7.71. The van der Waals surface area contributed by atoms with Crippen molar-refractivity contribution in [1.82, 2.24) is 19.3 Å². The highest BCUT2D eigenvalue weighted by atomic mass is 32.1. The zero-order chi connectivity index (χ0) is 19.8. The number of piperidine rings is 1. The molecule has 1 unspecified atom stereocenters. The van der Waals surface area contributed by atoms with Gasteiger partial charge in [0.1, 0.15) is 6.04 Å². The lowest BCUT2D eigenvalue weighted by Crippen LogP contribution is -3.12. The summed E-state index contributed by atoms with van der Waals surface area (Å²) in [5.74, 6) is 0.920. The minimum absolute atomic E-state index is 0.408. The number of hydrogen-bond donors (Lipinski definition) is 1. The number of nitrogens with one attached hydrogen (secondary N) is 1. The number of likely N-dealkylation sites (tertiary alicyclic amines) is 1. The van der Waals surface area contributed by atoms with Crippen LogP contribution in [0.1, 0.15) is 30.3 Å². The molecule has 0 radical (unpaired) electrons. The van der Waals surface area contributed by atoms with E-state index >= 15 is 0 Å². The van der Waals surface area contributed by atoms with E-state index in [0.717, 1.165) is 34.9 Å². The van der Waals surface area contributed by atoms with Gasteiger partial charge in [-0.3, -0.25) is 0 Å². The summed E-state index contributed by atoms with van der Waals surface area (Å²) in [5, 5.41) is 6.12. The molecule has 5 nitrogen and oxygen atoms in total. The first kappa shape index (κ1) is 18.7.